The maximum absolute atomic E-state index is 13.3. The molecule has 0 saturated heterocycles. The van der Waals surface area contributed by atoms with Crippen molar-refractivity contribution in [2.75, 3.05) is 21.3 Å². The fourth-order valence-electron chi connectivity index (χ4n) is 3.68. The van der Waals surface area contributed by atoms with Crippen LogP contribution in [0.1, 0.15) is 36.6 Å². The van der Waals surface area contributed by atoms with E-state index in [1.54, 1.807) is 18.2 Å². The van der Waals surface area contributed by atoms with Crippen molar-refractivity contribution >= 4 is 17.9 Å². The normalized spacial score (nSPS) is 10.7. The maximum Gasteiger partial charge on any atom is 0.341 e. The van der Waals surface area contributed by atoms with E-state index >= 15 is 0 Å². The van der Waals surface area contributed by atoms with Crippen LogP contribution in [0.15, 0.2) is 59.7 Å². The molecule has 0 saturated carbocycles. The lowest BCUT2D eigenvalue weighted by molar-refractivity contribution is 0.0586. The zero-order chi connectivity index (χ0) is 25.3. The summed E-state index contributed by atoms with van der Waals surface area (Å²) in [6.45, 7) is 1.89. The summed E-state index contributed by atoms with van der Waals surface area (Å²) >= 11 is 0. The Balaban J connectivity index is 2.00. The highest BCUT2D eigenvalue weighted by Crippen LogP contribution is 2.26. The summed E-state index contributed by atoms with van der Waals surface area (Å²) in [4.78, 5) is 50.4. The van der Waals surface area contributed by atoms with E-state index in [0.717, 1.165) is 5.56 Å². The Labute approximate surface area is 199 Å². The van der Waals surface area contributed by atoms with Crippen LogP contribution in [0, 0.1) is 6.92 Å². The van der Waals surface area contributed by atoms with E-state index in [0.29, 0.717) is 11.4 Å². The standard InChI is InChI=1S/C25H21N3O7/c1-14-6-5-7-17(8-14)28-22(29)19-12-27(13-20(21(19)26-28)25(32)35-4)18-10-15(23(30)33-2)9-16(11-18)24(31)34-3/h5-13H,1-4H3. The number of aryl methyl sites for hydroxylation is 1. The smallest absolute Gasteiger partial charge is 0.341 e. The molecule has 0 atom stereocenters. The number of esters is 3. The van der Waals surface area contributed by atoms with Crippen LogP contribution >= 0.6 is 0 Å². The summed E-state index contributed by atoms with van der Waals surface area (Å²) in [5, 5.41) is 4.39. The van der Waals surface area contributed by atoms with E-state index in [9.17, 15) is 19.2 Å². The first-order valence-corrected chi connectivity index (χ1v) is 10.4. The van der Waals surface area contributed by atoms with Crippen molar-refractivity contribution in [1.29, 1.82) is 0 Å². The number of hydrogen-bond donors (Lipinski definition) is 0. The topological polar surface area (TPSA) is 119 Å². The average molecular weight is 475 g/mol. The van der Waals surface area contributed by atoms with Crippen molar-refractivity contribution in [2.45, 2.75) is 6.92 Å². The molecule has 0 spiro atoms. The molecule has 35 heavy (non-hydrogen) atoms. The van der Waals surface area contributed by atoms with Gasteiger partial charge in [-0.25, -0.2) is 14.4 Å². The summed E-state index contributed by atoms with van der Waals surface area (Å²) in [5.74, 6) is -2.07. The molecule has 178 valence electrons. The Morgan fingerprint density at radius 3 is 2.00 bits per heavy atom. The Hall–Kier alpha value is -4.73. The lowest BCUT2D eigenvalue weighted by Crippen LogP contribution is -2.16. The van der Waals surface area contributed by atoms with Crippen LogP contribution in [0.4, 0.5) is 0 Å². The number of nitrogens with zero attached hydrogens (tertiary/aromatic N) is 3. The molecule has 2 aliphatic heterocycles. The number of carbonyl (C=O) groups excluding carboxylic acids is 3. The van der Waals surface area contributed by atoms with Crippen molar-refractivity contribution in [2.24, 2.45) is 0 Å². The number of benzene rings is 2. The quantitative estimate of drug-likeness (QED) is 0.319. The Morgan fingerprint density at radius 2 is 1.43 bits per heavy atom. The second kappa shape index (κ2) is 9.26. The van der Waals surface area contributed by atoms with Gasteiger partial charge >= 0.3 is 17.9 Å². The third kappa shape index (κ3) is 4.29. The number of pyridine rings is 1. The second-order valence-electron chi connectivity index (χ2n) is 7.64. The molecular weight excluding hydrogens is 454 g/mol. The molecule has 0 N–H and O–H groups in total. The molecule has 0 aromatic heterocycles. The van der Waals surface area contributed by atoms with Crippen LogP contribution in [0.3, 0.4) is 0 Å². The first-order chi connectivity index (χ1) is 16.8. The SMILES string of the molecule is COC(=O)c1cc(C(=O)OC)cc(-n2cc(C(=O)OC)c3nn(-c4cccc(C)c4)c(=O)c-3c2)c1. The molecule has 2 heterocycles. The summed E-state index contributed by atoms with van der Waals surface area (Å²) in [5.41, 5.74) is 1.79. The first-order valence-electron chi connectivity index (χ1n) is 10.4. The van der Waals surface area contributed by atoms with E-state index in [2.05, 4.69) is 5.10 Å². The van der Waals surface area contributed by atoms with Gasteiger partial charge in [0.1, 0.15) is 11.3 Å². The van der Waals surface area contributed by atoms with Crippen LogP contribution in [-0.4, -0.2) is 53.6 Å². The molecule has 4 rings (SSSR count). The van der Waals surface area contributed by atoms with Crippen LogP contribution < -0.4 is 5.56 Å². The lowest BCUT2D eigenvalue weighted by atomic mass is 10.1. The second-order valence-corrected chi connectivity index (χ2v) is 7.64. The van der Waals surface area contributed by atoms with E-state index in [4.69, 9.17) is 14.2 Å². The molecule has 0 aliphatic carbocycles. The molecule has 0 fully saturated rings. The van der Waals surface area contributed by atoms with Gasteiger partial charge in [-0.15, -0.1) is 0 Å². The van der Waals surface area contributed by atoms with Crippen molar-refractivity contribution < 1.29 is 28.6 Å². The van der Waals surface area contributed by atoms with E-state index < -0.39 is 23.5 Å². The summed E-state index contributed by atoms with van der Waals surface area (Å²) in [7, 11) is 3.64. The van der Waals surface area contributed by atoms with Gasteiger partial charge in [-0.3, -0.25) is 4.79 Å². The van der Waals surface area contributed by atoms with Crippen LogP contribution in [-0.2, 0) is 14.2 Å². The highest BCUT2D eigenvalue weighted by Gasteiger charge is 2.26. The fourth-order valence-corrected chi connectivity index (χ4v) is 3.68. The molecule has 0 unspecified atom stereocenters. The van der Waals surface area contributed by atoms with E-state index in [-0.39, 0.29) is 27.9 Å². The summed E-state index contributed by atoms with van der Waals surface area (Å²) < 4.78 is 17.1. The Morgan fingerprint density at radius 1 is 0.800 bits per heavy atom. The molecule has 2 aromatic carbocycles. The molecular formula is C25H21N3O7. The molecule has 0 radical (unpaired) electrons. The first kappa shape index (κ1) is 23.4. The number of methoxy groups -OCH3 is 3. The Kier molecular flexibility index (Phi) is 6.20. The van der Waals surface area contributed by atoms with Crippen LogP contribution in [0.5, 0.6) is 0 Å². The number of ether oxygens (including phenoxy) is 3. The minimum Gasteiger partial charge on any atom is -0.465 e. The van der Waals surface area contributed by atoms with Gasteiger partial charge in [-0.05, 0) is 42.8 Å². The fraction of sp³-hybridized carbons (Fsp3) is 0.160. The van der Waals surface area contributed by atoms with Gasteiger partial charge in [0.05, 0.1) is 43.7 Å². The molecule has 2 aliphatic rings. The zero-order valence-corrected chi connectivity index (χ0v) is 19.4. The Bertz CT molecular complexity index is 1470. The van der Waals surface area contributed by atoms with Crippen molar-refractivity contribution in [3.05, 3.63) is 87.5 Å². The molecule has 0 bridgehead atoms. The third-order valence-corrected chi connectivity index (χ3v) is 5.38. The average Bonchev–Trinajstić information content (AvgIpc) is 3.22. The van der Waals surface area contributed by atoms with Crippen LogP contribution in [0.25, 0.3) is 22.6 Å². The van der Waals surface area contributed by atoms with Gasteiger partial charge in [0.25, 0.3) is 5.56 Å². The van der Waals surface area contributed by atoms with Gasteiger partial charge in [0.15, 0.2) is 0 Å². The largest absolute Gasteiger partial charge is 0.465 e. The number of carbonyl (C=O) groups is 3. The zero-order valence-electron chi connectivity index (χ0n) is 19.4. The molecule has 0 amide bonds. The lowest BCUT2D eigenvalue weighted by Gasteiger charge is -2.14. The number of fused-ring (bicyclic) bond motifs is 1. The van der Waals surface area contributed by atoms with Crippen LogP contribution in [0.2, 0.25) is 0 Å². The summed E-state index contributed by atoms with van der Waals surface area (Å²) in [6.07, 6.45) is 2.89. The predicted octanol–water partition coefficient (Wildman–Crippen LogP) is 2.80. The van der Waals surface area contributed by atoms with Gasteiger partial charge in [0.2, 0.25) is 0 Å². The van der Waals surface area contributed by atoms with Crippen molar-refractivity contribution in [3.8, 4) is 22.6 Å². The number of rotatable bonds is 5. The highest BCUT2D eigenvalue weighted by molar-refractivity contribution is 5.97. The maximum atomic E-state index is 13.3. The minimum absolute atomic E-state index is 0.0246. The third-order valence-electron chi connectivity index (χ3n) is 5.38. The highest BCUT2D eigenvalue weighted by atomic mass is 16.5. The van der Waals surface area contributed by atoms with Gasteiger partial charge in [-0.1, -0.05) is 12.1 Å². The molecule has 10 heteroatoms. The number of hydrogen-bond acceptors (Lipinski definition) is 8. The molecule has 10 nitrogen and oxygen atoms in total. The van der Waals surface area contributed by atoms with E-state index in [1.807, 2.05) is 13.0 Å². The summed E-state index contributed by atoms with van der Waals surface area (Å²) in [6, 6.07) is 11.5. The van der Waals surface area contributed by atoms with Crippen molar-refractivity contribution in [1.82, 2.24) is 14.3 Å². The number of aromatic nitrogens is 3. The van der Waals surface area contributed by atoms with E-state index in [1.165, 1.54) is 61.2 Å². The monoisotopic (exact) mass is 475 g/mol. The predicted molar refractivity (Wildman–Crippen MR) is 125 cm³/mol. The van der Waals surface area contributed by atoms with Gasteiger partial charge < -0.3 is 18.8 Å². The van der Waals surface area contributed by atoms with Crippen molar-refractivity contribution in [3.63, 3.8) is 0 Å². The van der Waals surface area contributed by atoms with Gasteiger partial charge in [-0.2, -0.15) is 9.78 Å². The molecule has 2 aromatic rings. The van der Waals surface area contributed by atoms with Gasteiger partial charge in [0, 0.05) is 18.1 Å². The minimum atomic E-state index is -0.712.